The van der Waals surface area contributed by atoms with Gasteiger partial charge < -0.3 is 5.32 Å². The Morgan fingerprint density at radius 2 is 1.92 bits per heavy atom. The Kier molecular flexibility index (Phi) is 9.50. The zero-order valence-electron chi connectivity index (χ0n) is 20.6. The maximum atomic E-state index is 12.9. The van der Waals surface area contributed by atoms with Crippen LogP contribution in [0.25, 0.3) is 5.69 Å². The number of nitrogens with one attached hydrogen (secondary N) is 2. The molecular formula is C23H21ClN8O4S3. The lowest BCUT2D eigenvalue weighted by Gasteiger charge is -2.12. The first kappa shape index (κ1) is 28.5. The Morgan fingerprint density at radius 1 is 1.13 bits per heavy atom. The van der Waals surface area contributed by atoms with Crippen LogP contribution in [0.3, 0.4) is 0 Å². The van der Waals surface area contributed by atoms with Crippen LogP contribution in [0.15, 0.2) is 52.0 Å². The van der Waals surface area contributed by atoms with Crippen molar-refractivity contribution in [2.75, 3.05) is 16.8 Å². The van der Waals surface area contributed by atoms with Crippen LogP contribution in [0.2, 0.25) is 5.02 Å². The summed E-state index contributed by atoms with van der Waals surface area (Å²) >= 11 is 10.2. The van der Waals surface area contributed by atoms with E-state index < -0.39 is 10.8 Å². The third-order valence-corrected chi connectivity index (χ3v) is 8.19. The fourth-order valence-electron chi connectivity index (χ4n) is 3.43. The lowest BCUT2D eigenvalue weighted by Crippen LogP contribution is -2.25. The van der Waals surface area contributed by atoms with Crippen molar-refractivity contribution in [2.45, 2.75) is 29.9 Å². The van der Waals surface area contributed by atoms with Crippen molar-refractivity contribution in [1.29, 1.82) is 0 Å². The average molecular weight is 605 g/mol. The molecule has 2 aromatic carbocycles. The van der Waals surface area contributed by atoms with Crippen LogP contribution in [0, 0.1) is 17.0 Å². The summed E-state index contributed by atoms with van der Waals surface area (Å²) in [6.45, 7) is 3.49. The summed E-state index contributed by atoms with van der Waals surface area (Å²) in [4.78, 5) is 36.1. The molecule has 0 aliphatic heterocycles. The molecule has 0 atom stereocenters. The summed E-state index contributed by atoms with van der Waals surface area (Å²) in [7, 11) is 0. The number of hydrogen-bond donors (Lipinski definition) is 2. The molecule has 0 aliphatic rings. The highest BCUT2D eigenvalue weighted by molar-refractivity contribution is 8.01. The first-order valence-electron chi connectivity index (χ1n) is 11.4. The number of nitro groups is 1. The number of anilines is 1. The second kappa shape index (κ2) is 13.0. The minimum absolute atomic E-state index is 0.0216. The van der Waals surface area contributed by atoms with Crippen LogP contribution < -0.4 is 10.6 Å². The Bertz CT molecular complexity index is 1530. The molecule has 0 saturated heterocycles. The maximum Gasteiger partial charge on any atom is 0.273 e. The van der Waals surface area contributed by atoms with Crippen LogP contribution in [0.4, 0.5) is 10.8 Å². The van der Waals surface area contributed by atoms with Gasteiger partial charge in [-0.3, -0.25) is 29.6 Å². The predicted octanol–water partition coefficient (Wildman–Crippen LogP) is 4.76. The molecule has 4 rings (SSSR count). The summed E-state index contributed by atoms with van der Waals surface area (Å²) in [5.74, 6) is 0.463. The second-order valence-electron chi connectivity index (χ2n) is 7.75. The molecule has 0 unspecified atom stereocenters. The number of aromatic nitrogens is 5. The normalized spacial score (nSPS) is 10.8. The highest BCUT2D eigenvalue weighted by Crippen LogP contribution is 2.27. The molecule has 16 heteroatoms. The first-order valence-corrected chi connectivity index (χ1v) is 14.5. The highest BCUT2D eigenvalue weighted by Gasteiger charge is 2.21. The van der Waals surface area contributed by atoms with E-state index >= 15 is 0 Å². The molecule has 4 aromatic rings. The van der Waals surface area contributed by atoms with Gasteiger partial charge in [0.2, 0.25) is 11.0 Å². The summed E-state index contributed by atoms with van der Waals surface area (Å²) in [6, 6.07) is 11.3. The molecule has 0 bridgehead atoms. The number of carbonyl (C=O) groups is 2. The Balaban J connectivity index is 1.50. The molecule has 12 nitrogen and oxygen atoms in total. The third-order valence-electron chi connectivity index (χ3n) is 5.17. The van der Waals surface area contributed by atoms with Crippen molar-refractivity contribution < 1.29 is 14.5 Å². The number of amides is 2. The van der Waals surface area contributed by atoms with E-state index in [2.05, 4.69) is 31.0 Å². The first-order chi connectivity index (χ1) is 18.8. The van der Waals surface area contributed by atoms with Crippen LogP contribution in [0.5, 0.6) is 0 Å². The van der Waals surface area contributed by atoms with E-state index in [0.717, 1.165) is 21.9 Å². The fourth-order valence-corrected chi connectivity index (χ4v) is 6.05. The van der Waals surface area contributed by atoms with E-state index in [9.17, 15) is 19.7 Å². The SMILES string of the molecule is CCSc1nnc(NC(=O)CSc2nnc(CNC(=O)c3cccc([N+](=O)[O-])c3C)n2-c2cccc(Cl)c2)s1. The van der Waals surface area contributed by atoms with E-state index in [4.69, 9.17) is 11.6 Å². The van der Waals surface area contributed by atoms with Gasteiger partial charge in [0.1, 0.15) is 0 Å². The van der Waals surface area contributed by atoms with Crippen molar-refractivity contribution in [1.82, 2.24) is 30.3 Å². The molecule has 2 heterocycles. The average Bonchev–Trinajstić information content (AvgIpc) is 3.52. The molecule has 0 spiro atoms. The zero-order valence-corrected chi connectivity index (χ0v) is 23.8. The quantitative estimate of drug-likeness (QED) is 0.106. The fraction of sp³-hybridized carbons (Fsp3) is 0.217. The Morgan fingerprint density at radius 3 is 2.67 bits per heavy atom. The largest absolute Gasteiger partial charge is 0.345 e. The zero-order chi connectivity index (χ0) is 27.9. The lowest BCUT2D eigenvalue weighted by atomic mass is 10.1. The molecule has 0 fully saturated rings. The van der Waals surface area contributed by atoms with Crippen LogP contribution in [-0.4, -0.2) is 53.2 Å². The summed E-state index contributed by atoms with van der Waals surface area (Å²) in [5.41, 5.74) is 0.933. The lowest BCUT2D eigenvalue weighted by molar-refractivity contribution is -0.385. The van der Waals surface area contributed by atoms with Gasteiger partial charge in [0.15, 0.2) is 15.3 Å². The number of thioether (sulfide) groups is 2. The van der Waals surface area contributed by atoms with Crippen LogP contribution >= 0.6 is 46.5 Å². The monoisotopic (exact) mass is 604 g/mol. The van der Waals surface area contributed by atoms with Crippen molar-refractivity contribution in [3.63, 3.8) is 0 Å². The van der Waals surface area contributed by atoms with Crippen molar-refractivity contribution in [2.24, 2.45) is 0 Å². The molecule has 0 saturated carbocycles. The van der Waals surface area contributed by atoms with Gasteiger partial charge in [-0.2, -0.15) is 0 Å². The number of benzene rings is 2. The van der Waals surface area contributed by atoms with E-state index in [1.54, 1.807) is 40.6 Å². The van der Waals surface area contributed by atoms with E-state index in [-0.39, 0.29) is 35.0 Å². The molecule has 2 aromatic heterocycles. The summed E-state index contributed by atoms with van der Waals surface area (Å²) < 4.78 is 2.46. The number of hydrogen-bond acceptors (Lipinski definition) is 11. The van der Waals surface area contributed by atoms with Crippen molar-refractivity contribution in [3.05, 3.63) is 74.6 Å². The molecular weight excluding hydrogens is 584 g/mol. The Hall–Kier alpha value is -3.53. The standard InChI is InChI=1S/C23H21ClN8O4S3/c1-3-37-23-30-28-21(39-23)26-19(33)12-38-22-29-27-18(31(22)15-7-4-6-14(24)10-15)11-25-20(34)16-8-5-9-17(13(16)2)32(35)36/h4-10H,3,11-12H2,1-2H3,(H,25,34)(H,26,28,33). The summed E-state index contributed by atoms with van der Waals surface area (Å²) in [6.07, 6.45) is 0. The van der Waals surface area contributed by atoms with Gasteiger partial charge in [0, 0.05) is 22.2 Å². The van der Waals surface area contributed by atoms with Gasteiger partial charge in [0.25, 0.3) is 11.6 Å². The number of halogens is 1. The number of rotatable bonds is 11. The van der Waals surface area contributed by atoms with Crippen molar-refractivity contribution in [3.8, 4) is 5.69 Å². The second-order valence-corrected chi connectivity index (χ2v) is 11.6. The van der Waals surface area contributed by atoms with Gasteiger partial charge >= 0.3 is 0 Å². The highest BCUT2D eigenvalue weighted by atomic mass is 35.5. The molecule has 2 amide bonds. The van der Waals surface area contributed by atoms with E-state index in [0.29, 0.717) is 26.8 Å². The molecule has 39 heavy (non-hydrogen) atoms. The van der Waals surface area contributed by atoms with Crippen LogP contribution in [-0.2, 0) is 11.3 Å². The van der Waals surface area contributed by atoms with E-state index in [1.807, 2.05) is 6.92 Å². The molecule has 0 aliphatic carbocycles. The van der Waals surface area contributed by atoms with E-state index in [1.165, 1.54) is 36.5 Å². The molecule has 0 radical (unpaired) electrons. The van der Waals surface area contributed by atoms with Gasteiger partial charge in [0.05, 0.1) is 22.9 Å². The van der Waals surface area contributed by atoms with Gasteiger partial charge in [-0.1, -0.05) is 65.5 Å². The van der Waals surface area contributed by atoms with Gasteiger partial charge in [-0.05, 0) is 36.9 Å². The molecule has 2 N–H and O–H groups in total. The van der Waals surface area contributed by atoms with Gasteiger partial charge in [-0.25, -0.2) is 0 Å². The van der Waals surface area contributed by atoms with Crippen LogP contribution in [0.1, 0.15) is 28.7 Å². The summed E-state index contributed by atoms with van der Waals surface area (Å²) in [5, 5.41) is 34.5. The topological polar surface area (TPSA) is 158 Å². The predicted molar refractivity (Wildman–Crippen MR) is 151 cm³/mol. The Labute approximate surface area is 240 Å². The maximum absolute atomic E-state index is 12.9. The number of carbonyl (C=O) groups excluding carboxylic acids is 2. The minimum Gasteiger partial charge on any atom is -0.345 e. The smallest absolute Gasteiger partial charge is 0.273 e. The number of nitro benzene ring substituents is 1. The number of nitrogens with zero attached hydrogens (tertiary/aromatic N) is 6. The minimum atomic E-state index is -0.532. The van der Waals surface area contributed by atoms with Gasteiger partial charge in [-0.15, -0.1) is 20.4 Å². The third kappa shape index (κ3) is 7.11. The molecule has 202 valence electrons. The van der Waals surface area contributed by atoms with Crippen molar-refractivity contribution >= 4 is 69.1 Å².